The van der Waals surface area contributed by atoms with Crippen LogP contribution in [0, 0.1) is 5.92 Å². The molecule has 7 heteroatoms. The lowest BCUT2D eigenvalue weighted by molar-refractivity contribution is 0.544. The third kappa shape index (κ3) is 5.22. The highest BCUT2D eigenvalue weighted by Gasteiger charge is 2.17. The second-order valence-electron chi connectivity index (χ2n) is 4.42. The molecule has 1 aromatic rings. The Hall–Kier alpha value is -0.170. The summed E-state index contributed by atoms with van der Waals surface area (Å²) >= 11 is 9.24. The molecule has 1 atom stereocenters. The van der Waals surface area contributed by atoms with Crippen LogP contribution >= 0.6 is 27.5 Å². The number of halogens is 2. The maximum absolute atomic E-state index is 11.9. The maximum atomic E-state index is 11.9. The lowest BCUT2D eigenvalue weighted by Gasteiger charge is -2.13. The monoisotopic (exact) mass is 354 g/mol. The van der Waals surface area contributed by atoms with Gasteiger partial charge in [0.25, 0.3) is 0 Å². The van der Waals surface area contributed by atoms with E-state index in [0.29, 0.717) is 10.4 Å². The van der Waals surface area contributed by atoms with Crippen LogP contribution in [0.4, 0.5) is 0 Å². The Labute approximate surface area is 121 Å². The van der Waals surface area contributed by atoms with Crippen LogP contribution in [0.3, 0.4) is 0 Å². The van der Waals surface area contributed by atoms with Gasteiger partial charge in [-0.1, -0.05) is 13.8 Å². The molecule has 0 spiro atoms. The van der Waals surface area contributed by atoms with Crippen molar-refractivity contribution in [3.8, 4) is 0 Å². The van der Waals surface area contributed by atoms with Gasteiger partial charge in [0.2, 0.25) is 10.0 Å². The summed E-state index contributed by atoms with van der Waals surface area (Å²) in [4.78, 5) is 3.96. The lowest BCUT2D eigenvalue weighted by Crippen LogP contribution is -2.30. The predicted octanol–water partition coefficient (Wildman–Crippen LogP) is 2.78. The molecule has 0 aromatic carbocycles. The van der Waals surface area contributed by atoms with Gasteiger partial charge in [-0.15, -0.1) is 11.6 Å². The molecule has 18 heavy (non-hydrogen) atoms. The van der Waals surface area contributed by atoms with Gasteiger partial charge in [-0.05, 0) is 34.3 Å². The van der Waals surface area contributed by atoms with Crippen molar-refractivity contribution < 1.29 is 8.42 Å². The second kappa shape index (κ2) is 6.84. The first-order valence-corrected chi connectivity index (χ1v) is 8.27. The van der Waals surface area contributed by atoms with Crippen LogP contribution in [0.5, 0.6) is 0 Å². The lowest BCUT2D eigenvalue weighted by atomic mass is 10.1. The fourth-order valence-electron chi connectivity index (χ4n) is 1.42. The van der Waals surface area contributed by atoms with E-state index in [1.54, 1.807) is 0 Å². The average molecular weight is 356 g/mol. The summed E-state index contributed by atoms with van der Waals surface area (Å²) in [6.07, 6.45) is 3.60. The van der Waals surface area contributed by atoms with E-state index in [2.05, 4.69) is 25.6 Å². The molecule has 0 saturated carbocycles. The summed E-state index contributed by atoms with van der Waals surface area (Å²) in [5.74, 6) is 0.435. The Morgan fingerprint density at radius 2 is 2.11 bits per heavy atom. The Kier molecular flexibility index (Phi) is 6.04. The van der Waals surface area contributed by atoms with Crippen LogP contribution in [0.15, 0.2) is 27.8 Å². The molecule has 0 aliphatic heterocycles. The smallest absolute Gasteiger partial charge is 0.242 e. The Balaban J connectivity index is 2.66. The molecule has 1 heterocycles. The first-order chi connectivity index (χ1) is 8.31. The quantitative estimate of drug-likeness (QED) is 0.798. The van der Waals surface area contributed by atoms with Crippen molar-refractivity contribution in [1.29, 1.82) is 0 Å². The minimum Gasteiger partial charge on any atom is -0.262 e. The predicted molar refractivity (Wildman–Crippen MR) is 76.2 cm³/mol. The summed E-state index contributed by atoms with van der Waals surface area (Å²) in [5.41, 5.74) is 0. The summed E-state index contributed by atoms with van der Waals surface area (Å²) in [6, 6.07) is 1.50. The number of hydrogen-bond acceptors (Lipinski definition) is 3. The maximum Gasteiger partial charge on any atom is 0.242 e. The van der Waals surface area contributed by atoms with E-state index >= 15 is 0 Å². The minimum atomic E-state index is -3.54. The molecular weight excluding hydrogens is 340 g/mol. The van der Waals surface area contributed by atoms with Gasteiger partial charge in [0.1, 0.15) is 4.90 Å². The van der Waals surface area contributed by atoms with Gasteiger partial charge in [-0.3, -0.25) is 4.98 Å². The van der Waals surface area contributed by atoms with Crippen LogP contribution in [0.1, 0.15) is 20.3 Å². The van der Waals surface area contributed by atoms with E-state index < -0.39 is 10.0 Å². The Morgan fingerprint density at radius 1 is 1.44 bits per heavy atom. The van der Waals surface area contributed by atoms with E-state index in [-0.39, 0.29) is 16.8 Å². The molecule has 0 amide bonds. The van der Waals surface area contributed by atoms with Gasteiger partial charge in [-0.2, -0.15) is 0 Å². The third-order valence-corrected chi connectivity index (χ3v) is 4.37. The van der Waals surface area contributed by atoms with E-state index in [4.69, 9.17) is 11.6 Å². The van der Waals surface area contributed by atoms with Gasteiger partial charge in [-0.25, -0.2) is 13.1 Å². The normalized spacial score (nSPS) is 13.8. The fourth-order valence-corrected chi connectivity index (χ4v) is 3.53. The molecule has 0 bridgehead atoms. The molecule has 0 saturated heterocycles. The van der Waals surface area contributed by atoms with Crippen molar-refractivity contribution in [1.82, 2.24) is 9.71 Å². The van der Waals surface area contributed by atoms with E-state index in [1.165, 1.54) is 18.5 Å². The molecule has 1 aromatic heterocycles. The largest absolute Gasteiger partial charge is 0.262 e. The summed E-state index contributed by atoms with van der Waals surface area (Å²) in [6.45, 7) is 4.30. The van der Waals surface area contributed by atoms with Gasteiger partial charge >= 0.3 is 0 Å². The number of nitrogens with zero attached hydrogens (tertiary/aromatic N) is 1. The highest BCUT2D eigenvalue weighted by molar-refractivity contribution is 9.10. The number of sulfonamides is 1. The molecule has 102 valence electrons. The van der Waals surface area contributed by atoms with Crippen LogP contribution < -0.4 is 4.72 Å². The van der Waals surface area contributed by atoms with Crippen LogP contribution in [-0.4, -0.2) is 25.3 Å². The van der Waals surface area contributed by atoms with E-state index in [9.17, 15) is 8.42 Å². The third-order valence-electron chi connectivity index (χ3n) is 2.21. The number of alkyl halides is 1. The molecule has 4 nitrogen and oxygen atoms in total. The van der Waals surface area contributed by atoms with Crippen LogP contribution in [0.25, 0.3) is 0 Å². The van der Waals surface area contributed by atoms with E-state index in [0.717, 1.165) is 6.42 Å². The first kappa shape index (κ1) is 15.9. The molecular formula is C11H16BrClN2O2S. The van der Waals surface area contributed by atoms with E-state index in [1.807, 2.05) is 13.8 Å². The zero-order chi connectivity index (χ0) is 13.8. The average Bonchev–Trinajstić information content (AvgIpc) is 2.26. The highest BCUT2D eigenvalue weighted by atomic mass is 79.9. The second-order valence-corrected chi connectivity index (χ2v) is 7.72. The minimum absolute atomic E-state index is 0.130. The van der Waals surface area contributed by atoms with Crippen molar-refractivity contribution in [2.24, 2.45) is 5.92 Å². The van der Waals surface area contributed by atoms with Crippen molar-refractivity contribution in [2.45, 2.75) is 30.5 Å². The highest BCUT2D eigenvalue weighted by Crippen LogP contribution is 2.15. The number of rotatable bonds is 6. The summed E-state index contributed by atoms with van der Waals surface area (Å²) < 4.78 is 27.0. The van der Waals surface area contributed by atoms with Crippen molar-refractivity contribution in [3.63, 3.8) is 0 Å². The molecule has 1 N–H and O–H groups in total. The van der Waals surface area contributed by atoms with Crippen molar-refractivity contribution >= 4 is 37.6 Å². The van der Waals surface area contributed by atoms with Crippen molar-refractivity contribution in [3.05, 3.63) is 22.9 Å². The number of pyridine rings is 1. The SMILES string of the molecule is CC(C)CC(Cl)CNS(=O)(=O)c1cncc(Br)c1. The number of aromatic nitrogens is 1. The Bertz CT molecular complexity index is 494. The van der Waals surface area contributed by atoms with Gasteiger partial charge < -0.3 is 0 Å². The zero-order valence-electron chi connectivity index (χ0n) is 10.2. The van der Waals surface area contributed by atoms with Crippen LogP contribution in [0.2, 0.25) is 0 Å². The van der Waals surface area contributed by atoms with Gasteiger partial charge in [0.15, 0.2) is 0 Å². The first-order valence-electron chi connectivity index (χ1n) is 5.55. The topological polar surface area (TPSA) is 59.1 Å². The molecule has 0 fully saturated rings. The molecule has 0 aliphatic rings. The molecule has 0 aliphatic carbocycles. The van der Waals surface area contributed by atoms with Gasteiger partial charge in [0.05, 0.1) is 0 Å². The number of hydrogen-bond donors (Lipinski definition) is 1. The molecule has 0 radical (unpaired) electrons. The molecule has 1 rings (SSSR count). The Morgan fingerprint density at radius 3 is 2.67 bits per heavy atom. The summed E-state index contributed by atoms with van der Waals surface area (Å²) in [5, 5.41) is -0.208. The number of nitrogens with one attached hydrogen (secondary N) is 1. The zero-order valence-corrected chi connectivity index (χ0v) is 13.4. The van der Waals surface area contributed by atoms with Crippen molar-refractivity contribution in [2.75, 3.05) is 6.54 Å². The summed E-state index contributed by atoms with van der Waals surface area (Å²) in [7, 11) is -3.54. The van der Waals surface area contributed by atoms with Crippen LogP contribution in [-0.2, 0) is 10.0 Å². The van der Waals surface area contributed by atoms with Gasteiger partial charge in [0, 0.05) is 28.8 Å². The molecule has 1 unspecified atom stereocenters. The standard InChI is InChI=1S/C11H16BrClN2O2S/c1-8(2)3-10(13)6-15-18(16,17)11-4-9(12)5-14-7-11/h4-5,7-8,10,15H,3,6H2,1-2H3. The fraction of sp³-hybridized carbons (Fsp3) is 0.545.